The lowest BCUT2D eigenvalue weighted by atomic mass is 10.00. The minimum Gasteiger partial charge on any atom is -0.355 e. The van der Waals surface area contributed by atoms with Crippen molar-refractivity contribution in [3.8, 4) is 0 Å². The van der Waals surface area contributed by atoms with Crippen molar-refractivity contribution in [1.29, 1.82) is 0 Å². The first-order chi connectivity index (χ1) is 14.6. The number of nitrogens with one attached hydrogen (secondary N) is 4. The molecule has 0 unspecified atom stereocenters. The van der Waals surface area contributed by atoms with Gasteiger partial charge in [-0.05, 0) is 31.6 Å². The summed E-state index contributed by atoms with van der Waals surface area (Å²) in [7, 11) is 0. The number of carbonyl (C=O) groups excluding carboxylic acids is 5. The molecule has 0 aromatic heterocycles. The van der Waals surface area contributed by atoms with Crippen LogP contribution >= 0.6 is 11.6 Å². The first kappa shape index (κ1) is 28.6. The number of Topliss-reactive ketones (excluding diaryl/α,β-unsaturated/α-hetero) is 1. The van der Waals surface area contributed by atoms with Gasteiger partial charge in [0.1, 0.15) is 11.9 Å². The summed E-state index contributed by atoms with van der Waals surface area (Å²) in [4.78, 5) is 59.0. The van der Waals surface area contributed by atoms with Crippen molar-refractivity contribution in [2.45, 2.75) is 71.4 Å². The molecule has 178 valence electrons. The Labute approximate surface area is 188 Å². The molecule has 0 rings (SSSR count). The molecule has 0 aromatic carbocycles. The number of amides is 5. The molecule has 0 aliphatic heterocycles. The first-order valence-corrected chi connectivity index (χ1v) is 11.1. The zero-order chi connectivity index (χ0) is 23.8. The maximum absolute atomic E-state index is 12.7. The van der Waals surface area contributed by atoms with E-state index in [0.717, 1.165) is 0 Å². The van der Waals surface area contributed by atoms with Crippen molar-refractivity contribution >= 4 is 41.1 Å². The van der Waals surface area contributed by atoms with E-state index < -0.39 is 24.0 Å². The lowest BCUT2D eigenvalue weighted by molar-refractivity contribution is -0.132. The molecule has 10 nitrogen and oxygen atoms in total. The summed E-state index contributed by atoms with van der Waals surface area (Å²) in [5.41, 5.74) is 5.02. The number of primary amides is 1. The summed E-state index contributed by atoms with van der Waals surface area (Å²) in [5.74, 6) is -1.37. The second kappa shape index (κ2) is 16.3. The molecule has 0 bridgehead atoms. The van der Waals surface area contributed by atoms with Gasteiger partial charge < -0.3 is 27.0 Å². The fourth-order valence-corrected chi connectivity index (χ4v) is 2.90. The van der Waals surface area contributed by atoms with Gasteiger partial charge in [0, 0.05) is 25.9 Å². The SMILES string of the molecule is CCC(=O)[C@H](CCCNC(N)=O)NC(=O)[C@@H](NC(=O)CCCCNC(=O)CCl)C(C)C. The maximum Gasteiger partial charge on any atom is 0.312 e. The predicted molar refractivity (Wildman–Crippen MR) is 118 cm³/mol. The molecule has 0 aliphatic carbocycles. The Bertz CT molecular complexity index is 615. The molecule has 0 aromatic rings. The zero-order valence-corrected chi connectivity index (χ0v) is 19.3. The van der Waals surface area contributed by atoms with Gasteiger partial charge in [0.05, 0.1) is 6.04 Å². The molecule has 31 heavy (non-hydrogen) atoms. The number of urea groups is 1. The van der Waals surface area contributed by atoms with Crippen LogP contribution in [0.2, 0.25) is 0 Å². The number of hydrogen-bond acceptors (Lipinski definition) is 5. The number of rotatable bonds is 16. The molecule has 5 amide bonds. The summed E-state index contributed by atoms with van der Waals surface area (Å²) in [6, 6.07) is -2.12. The smallest absolute Gasteiger partial charge is 0.312 e. The van der Waals surface area contributed by atoms with Gasteiger partial charge in [0.15, 0.2) is 5.78 Å². The molecular weight excluding hydrogens is 426 g/mol. The second-order valence-corrected chi connectivity index (χ2v) is 7.81. The highest BCUT2D eigenvalue weighted by Crippen LogP contribution is 2.07. The summed E-state index contributed by atoms with van der Waals surface area (Å²) in [6.45, 7) is 6.05. The lowest BCUT2D eigenvalue weighted by Crippen LogP contribution is -2.53. The molecule has 2 atom stereocenters. The van der Waals surface area contributed by atoms with Crippen molar-refractivity contribution < 1.29 is 24.0 Å². The maximum atomic E-state index is 12.7. The molecule has 6 N–H and O–H groups in total. The Hall–Kier alpha value is -2.36. The number of halogens is 1. The van der Waals surface area contributed by atoms with Crippen LogP contribution in [0, 0.1) is 5.92 Å². The Kier molecular flexibility index (Phi) is 15.1. The normalized spacial score (nSPS) is 12.5. The Morgan fingerprint density at radius 1 is 0.903 bits per heavy atom. The summed E-state index contributed by atoms with van der Waals surface area (Å²) in [5, 5.41) is 10.5. The van der Waals surface area contributed by atoms with E-state index in [4.69, 9.17) is 17.3 Å². The number of ketones is 1. The van der Waals surface area contributed by atoms with Crippen molar-refractivity contribution in [1.82, 2.24) is 21.3 Å². The molecule has 0 saturated heterocycles. The van der Waals surface area contributed by atoms with E-state index in [0.29, 0.717) is 38.8 Å². The van der Waals surface area contributed by atoms with Gasteiger partial charge in [-0.25, -0.2) is 4.79 Å². The summed E-state index contributed by atoms with van der Waals surface area (Å²) < 4.78 is 0. The van der Waals surface area contributed by atoms with Crippen molar-refractivity contribution in [3.63, 3.8) is 0 Å². The van der Waals surface area contributed by atoms with Crippen molar-refractivity contribution in [2.24, 2.45) is 11.7 Å². The van der Waals surface area contributed by atoms with Crippen LogP contribution in [0.1, 0.15) is 59.3 Å². The molecular formula is C20H36ClN5O5. The predicted octanol–water partition coefficient (Wildman–Crippen LogP) is 0.565. The van der Waals surface area contributed by atoms with E-state index in [2.05, 4.69) is 21.3 Å². The molecule has 0 radical (unpaired) electrons. The van der Waals surface area contributed by atoms with E-state index in [1.54, 1.807) is 20.8 Å². The molecule has 0 aliphatic rings. The quantitative estimate of drug-likeness (QED) is 0.167. The average Bonchev–Trinajstić information content (AvgIpc) is 2.72. The van der Waals surface area contributed by atoms with Crippen LogP contribution < -0.4 is 27.0 Å². The van der Waals surface area contributed by atoms with E-state index in [9.17, 15) is 24.0 Å². The zero-order valence-electron chi connectivity index (χ0n) is 18.6. The largest absolute Gasteiger partial charge is 0.355 e. The standard InChI is InChI=1S/C20H36ClN5O5/c1-4-15(27)14(8-7-11-24-20(22)31)25-19(30)18(13(2)3)26-16(28)9-5-6-10-23-17(29)12-21/h13-14,18H,4-12H2,1-3H3,(H,23,29)(H,25,30)(H,26,28)(H3,22,24,31)/t14-,18-/m0/s1. The van der Waals surface area contributed by atoms with Crippen LogP contribution in [-0.4, -0.2) is 60.6 Å². The van der Waals surface area contributed by atoms with Crippen LogP contribution in [0.25, 0.3) is 0 Å². The third-order valence-corrected chi connectivity index (χ3v) is 4.80. The van der Waals surface area contributed by atoms with E-state index >= 15 is 0 Å². The first-order valence-electron chi connectivity index (χ1n) is 10.6. The Balaban J connectivity index is 4.66. The number of nitrogens with two attached hydrogens (primary N) is 1. The molecule has 11 heteroatoms. The van der Waals surface area contributed by atoms with Gasteiger partial charge in [-0.2, -0.15) is 0 Å². The minimum atomic E-state index is -0.778. The van der Waals surface area contributed by atoms with Gasteiger partial charge in [-0.15, -0.1) is 11.6 Å². The molecule has 0 spiro atoms. The molecule has 0 saturated carbocycles. The summed E-state index contributed by atoms with van der Waals surface area (Å²) in [6.07, 6.45) is 2.45. The van der Waals surface area contributed by atoms with Gasteiger partial charge in [-0.3, -0.25) is 19.2 Å². The molecule has 0 heterocycles. The topological polar surface area (TPSA) is 159 Å². The Morgan fingerprint density at radius 2 is 1.55 bits per heavy atom. The Morgan fingerprint density at radius 3 is 2.10 bits per heavy atom. The lowest BCUT2D eigenvalue weighted by Gasteiger charge is -2.25. The summed E-state index contributed by atoms with van der Waals surface area (Å²) >= 11 is 5.39. The third kappa shape index (κ3) is 13.5. The third-order valence-electron chi connectivity index (χ3n) is 4.56. The fourth-order valence-electron chi connectivity index (χ4n) is 2.81. The van der Waals surface area contributed by atoms with Crippen molar-refractivity contribution in [2.75, 3.05) is 19.0 Å². The van der Waals surface area contributed by atoms with Crippen LogP contribution in [0.15, 0.2) is 0 Å². The van der Waals surface area contributed by atoms with Gasteiger partial charge >= 0.3 is 6.03 Å². The van der Waals surface area contributed by atoms with E-state index in [1.165, 1.54) is 0 Å². The number of carbonyl (C=O) groups is 5. The highest BCUT2D eigenvalue weighted by atomic mass is 35.5. The fraction of sp³-hybridized carbons (Fsp3) is 0.750. The van der Waals surface area contributed by atoms with Gasteiger partial charge in [-0.1, -0.05) is 20.8 Å². The monoisotopic (exact) mass is 461 g/mol. The minimum absolute atomic E-state index is 0.102. The average molecular weight is 462 g/mol. The van der Waals surface area contributed by atoms with Crippen LogP contribution in [0.3, 0.4) is 0 Å². The number of alkyl halides is 1. The second-order valence-electron chi connectivity index (χ2n) is 7.54. The van der Waals surface area contributed by atoms with E-state index in [1.807, 2.05) is 0 Å². The highest BCUT2D eigenvalue weighted by Gasteiger charge is 2.27. The highest BCUT2D eigenvalue weighted by molar-refractivity contribution is 6.27. The van der Waals surface area contributed by atoms with Crippen LogP contribution in [-0.2, 0) is 19.2 Å². The van der Waals surface area contributed by atoms with Gasteiger partial charge in [0.2, 0.25) is 17.7 Å². The van der Waals surface area contributed by atoms with Crippen LogP contribution in [0.5, 0.6) is 0 Å². The van der Waals surface area contributed by atoms with Crippen LogP contribution in [0.4, 0.5) is 4.79 Å². The molecule has 0 fully saturated rings. The number of unbranched alkanes of at least 4 members (excludes halogenated alkanes) is 1. The van der Waals surface area contributed by atoms with Crippen molar-refractivity contribution in [3.05, 3.63) is 0 Å². The van der Waals surface area contributed by atoms with Gasteiger partial charge in [0.25, 0.3) is 0 Å². The number of hydrogen-bond donors (Lipinski definition) is 5. The van der Waals surface area contributed by atoms with E-state index in [-0.39, 0.29) is 42.2 Å².